The van der Waals surface area contributed by atoms with Crippen molar-refractivity contribution in [3.05, 3.63) is 42.0 Å². The molecule has 3 heteroatoms. The van der Waals surface area contributed by atoms with Crippen molar-refractivity contribution in [1.29, 1.82) is 0 Å². The van der Waals surface area contributed by atoms with Crippen LogP contribution in [0, 0.1) is 0 Å². The maximum Gasteiger partial charge on any atom is 0.124 e. The lowest BCUT2D eigenvalue weighted by Gasteiger charge is -2.20. The number of ether oxygens (including phenoxy) is 2. The molecule has 0 aromatic heterocycles. The van der Waals surface area contributed by atoms with E-state index in [4.69, 9.17) is 9.47 Å². The van der Waals surface area contributed by atoms with Gasteiger partial charge in [0.05, 0.1) is 6.61 Å². The quantitative estimate of drug-likeness (QED) is 0.604. The summed E-state index contributed by atoms with van der Waals surface area (Å²) in [5.41, 5.74) is 1.21. The molecule has 2 rings (SSSR count). The highest BCUT2D eigenvalue weighted by atomic mass is 16.5. The third-order valence-electron chi connectivity index (χ3n) is 3.26. The Hall–Kier alpha value is -1.32. The summed E-state index contributed by atoms with van der Waals surface area (Å²) in [5, 5.41) is 3.36. The van der Waals surface area contributed by atoms with Gasteiger partial charge in [-0.1, -0.05) is 24.3 Å². The number of para-hydroxylation sites is 1. The molecule has 104 valence electrons. The molecule has 0 amide bonds. The van der Waals surface area contributed by atoms with E-state index in [-0.39, 0.29) is 6.10 Å². The van der Waals surface area contributed by atoms with Gasteiger partial charge in [0, 0.05) is 25.8 Å². The summed E-state index contributed by atoms with van der Waals surface area (Å²) in [5.74, 6) is 0.990. The van der Waals surface area contributed by atoms with Gasteiger partial charge in [-0.3, -0.25) is 0 Å². The highest BCUT2D eigenvalue weighted by Crippen LogP contribution is 2.22. The molecule has 1 aliphatic rings. The predicted octanol–water partition coefficient (Wildman–Crippen LogP) is 2.91. The van der Waals surface area contributed by atoms with Crippen molar-refractivity contribution >= 4 is 0 Å². The predicted molar refractivity (Wildman–Crippen MR) is 77.4 cm³/mol. The van der Waals surface area contributed by atoms with Gasteiger partial charge in [-0.05, 0) is 31.4 Å². The molecular weight excluding hydrogens is 238 g/mol. The van der Waals surface area contributed by atoms with Gasteiger partial charge in [0.1, 0.15) is 11.9 Å². The highest BCUT2D eigenvalue weighted by Gasteiger charge is 2.11. The molecule has 19 heavy (non-hydrogen) atoms. The Morgan fingerprint density at radius 2 is 2.21 bits per heavy atom. The monoisotopic (exact) mass is 261 g/mol. The van der Waals surface area contributed by atoms with Gasteiger partial charge in [0.2, 0.25) is 0 Å². The fourth-order valence-corrected chi connectivity index (χ4v) is 2.20. The number of methoxy groups -OCH3 is 1. The Balaban J connectivity index is 1.91. The number of hydrogen-bond donors (Lipinski definition) is 1. The molecule has 0 radical (unpaired) electrons. The molecule has 1 unspecified atom stereocenters. The summed E-state index contributed by atoms with van der Waals surface area (Å²) in [6, 6.07) is 8.24. The fourth-order valence-electron chi connectivity index (χ4n) is 2.20. The van der Waals surface area contributed by atoms with Crippen molar-refractivity contribution in [2.75, 3.05) is 20.3 Å². The zero-order valence-corrected chi connectivity index (χ0v) is 11.6. The molecule has 0 aliphatic heterocycles. The Morgan fingerprint density at radius 1 is 1.32 bits per heavy atom. The van der Waals surface area contributed by atoms with Crippen LogP contribution in [-0.4, -0.2) is 26.4 Å². The van der Waals surface area contributed by atoms with E-state index in [9.17, 15) is 0 Å². The summed E-state index contributed by atoms with van der Waals surface area (Å²) >= 11 is 0. The first-order chi connectivity index (χ1) is 9.40. The van der Waals surface area contributed by atoms with Gasteiger partial charge in [-0.25, -0.2) is 0 Å². The molecule has 1 N–H and O–H groups in total. The van der Waals surface area contributed by atoms with Crippen molar-refractivity contribution in [3.8, 4) is 5.75 Å². The number of rotatable bonds is 7. The summed E-state index contributed by atoms with van der Waals surface area (Å²) < 4.78 is 11.1. The zero-order chi connectivity index (χ0) is 13.3. The number of nitrogens with one attached hydrogen (secondary N) is 1. The average molecular weight is 261 g/mol. The van der Waals surface area contributed by atoms with E-state index in [1.165, 1.54) is 18.4 Å². The summed E-state index contributed by atoms with van der Waals surface area (Å²) in [7, 11) is 1.72. The van der Waals surface area contributed by atoms with Crippen LogP contribution in [0.15, 0.2) is 36.4 Å². The van der Waals surface area contributed by atoms with E-state index in [2.05, 4.69) is 35.7 Å². The van der Waals surface area contributed by atoms with Crippen LogP contribution < -0.4 is 10.1 Å². The second-order valence-corrected chi connectivity index (χ2v) is 4.79. The minimum absolute atomic E-state index is 0.230. The van der Waals surface area contributed by atoms with Crippen molar-refractivity contribution in [1.82, 2.24) is 5.32 Å². The topological polar surface area (TPSA) is 30.5 Å². The first-order valence-corrected chi connectivity index (χ1v) is 7.01. The van der Waals surface area contributed by atoms with Gasteiger partial charge in [-0.15, -0.1) is 0 Å². The van der Waals surface area contributed by atoms with Crippen LogP contribution in [0.2, 0.25) is 0 Å². The Morgan fingerprint density at radius 3 is 3.00 bits per heavy atom. The SMILES string of the molecule is COCCNCc1ccccc1OC1C=CCCC1. The Bertz CT molecular complexity index is 403. The lowest BCUT2D eigenvalue weighted by molar-refractivity contribution is 0.198. The third kappa shape index (κ3) is 4.69. The molecule has 1 atom stereocenters. The molecule has 3 nitrogen and oxygen atoms in total. The first-order valence-electron chi connectivity index (χ1n) is 7.01. The fraction of sp³-hybridized carbons (Fsp3) is 0.500. The van der Waals surface area contributed by atoms with Gasteiger partial charge >= 0.3 is 0 Å². The van der Waals surface area contributed by atoms with Crippen LogP contribution in [0.5, 0.6) is 5.75 Å². The number of allylic oxidation sites excluding steroid dienone is 1. The lowest BCUT2D eigenvalue weighted by Crippen LogP contribution is -2.20. The van der Waals surface area contributed by atoms with Crippen LogP contribution in [0.1, 0.15) is 24.8 Å². The summed E-state index contributed by atoms with van der Waals surface area (Å²) in [6.45, 7) is 2.40. The molecule has 0 spiro atoms. The van der Waals surface area contributed by atoms with Crippen LogP contribution in [0.3, 0.4) is 0 Å². The first kappa shape index (κ1) is 14.1. The van der Waals surface area contributed by atoms with Crippen LogP contribution in [0.25, 0.3) is 0 Å². The van der Waals surface area contributed by atoms with Crippen LogP contribution in [0.4, 0.5) is 0 Å². The largest absolute Gasteiger partial charge is 0.486 e. The zero-order valence-electron chi connectivity index (χ0n) is 11.6. The molecule has 0 fully saturated rings. The van der Waals surface area contributed by atoms with Crippen molar-refractivity contribution in [2.45, 2.75) is 31.9 Å². The van der Waals surface area contributed by atoms with E-state index >= 15 is 0 Å². The van der Waals surface area contributed by atoms with E-state index in [1.807, 2.05) is 6.07 Å². The van der Waals surface area contributed by atoms with E-state index in [0.717, 1.165) is 31.9 Å². The summed E-state index contributed by atoms with van der Waals surface area (Å²) in [6.07, 6.45) is 8.14. The lowest BCUT2D eigenvalue weighted by atomic mass is 10.1. The number of hydrogen-bond acceptors (Lipinski definition) is 3. The molecule has 0 bridgehead atoms. The maximum absolute atomic E-state index is 6.09. The molecule has 1 aromatic carbocycles. The van der Waals surface area contributed by atoms with Gasteiger partial charge < -0.3 is 14.8 Å². The minimum atomic E-state index is 0.230. The van der Waals surface area contributed by atoms with Crippen LogP contribution >= 0.6 is 0 Å². The molecular formula is C16H23NO2. The van der Waals surface area contributed by atoms with Crippen molar-refractivity contribution < 1.29 is 9.47 Å². The number of benzene rings is 1. The van der Waals surface area contributed by atoms with Crippen molar-refractivity contribution in [3.63, 3.8) is 0 Å². The van der Waals surface area contributed by atoms with Crippen molar-refractivity contribution in [2.24, 2.45) is 0 Å². The standard InChI is InChI=1S/C16H23NO2/c1-18-12-11-17-13-14-7-5-6-10-16(14)19-15-8-3-2-4-9-15/h3,5-8,10,15,17H,2,4,9,11-13H2,1H3. The van der Waals surface area contributed by atoms with Crippen LogP contribution in [-0.2, 0) is 11.3 Å². The second kappa shape index (κ2) is 7.97. The molecule has 0 saturated carbocycles. The average Bonchev–Trinajstić information content (AvgIpc) is 2.46. The van der Waals surface area contributed by atoms with Gasteiger partial charge in [0.25, 0.3) is 0 Å². The van der Waals surface area contributed by atoms with Gasteiger partial charge in [0.15, 0.2) is 0 Å². The smallest absolute Gasteiger partial charge is 0.124 e. The minimum Gasteiger partial charge on any atom is -0.486 e. The van der Waals surface area contributed by atoms with E-state index < -0.39 is 0 Å². The Kier molecular flexibility index (Phi) is 5.92. The molecule has 0 heterocycles. The maximum atomic E-state index is 6.09. The molecule has 1 aromatic rings. The Labute approximate surface area is 115 Å². The third-order valence-corrected chi connectivity index (χ3v) is 3.26. The van der Waals surface area contributed by atoms with E-state index in [1.54, 1.807) is 7.11 Å². The highest BCUT2D eigenvalue weighted by molar-refractivity contribution is 5.33. The molecule has 0 saturated heterocycles. The van der Waals surface area contributed by atoms with Gasteiger partial charge in [-0.2, -0.15) is 0 Å². The summed E-state index contributed by atoms with van der Waals surface area (Å²) in [4.78, 5) is 0. The molecule has 1 aliphatic carbocycles. The second-order valence-electron chi connectivity index (χ2n) is 4.79. The van der Waals surface area contributed by atoms with E-state index in [0.29, 0.717) is 0 Å². The normalized spacial score (nSPS) is 18.5.